The van der Waals surface area contributed by atoms with Crippen LogP contribution in [0.3, 0.4) is 0 Å². The molecule has 0 spiro atoms. The highest BCUT2D eigenvalue weighted by Gasteiger charge is 2.30. The summed E-state index contributed by atoms with van der Waals surface area (Å²) in [5, 5.41) is 10.6. The average Bonchev–Trinajstić information content (AvgIpc) is 0.924. The number of aliphatic hydroxyl groups excluding tert-OH is 1. The topological polar surface area (TPSA) is 237 Å². The Bertz CT molecular complexity index is 2600. The van der Waals surface area contributed by atoms with Crippen LogP contribution in [0.4, 0.5) is 0 Å². The molecule has 0 aromatic carbocycles. The van der Waals surface area contributed by atoms with Gasteiger partial charge in [0, 0.05) is 25.7 Å². The Balaban J connectivity index is 5.48. The first-order valence-electron chi connectivity index (χ1n) is 38.4. The Hall–Kier alpha value is -5.58. The van der Waals surface area contributed by atoms with Crippen LogP contribution >= 0.6 is 15.6 Å². The maximum absolute atomic E-state index is 13.1. The summed E-state index contributed by atoms with van der Waals surface area (Å²) in [6.45, 7) is 4.36. The SMILES string of the molecule is CC/C=C\C/C=C\C/C=C\C/C=C\C/C=C\C/C=C\CCC(=O)OCC(COP(=O)(O)OCC(O)COP(=O)(O)OCC(COC(=O)CCCC/C=C\C/C=C\C/C=C\C/C=C\CC)OC(=O)CCCCCCC/C=C\C/C=C\CCC)OC(=O)CCCCCCC/C=C\C/C=C\CCCCC. The van der Waals surface area contributed by atoms with Gasteiger partial charge in [0.15, 0.2) is 12.2 Å². The van der Waals surface area contributed by atoms with E-state index in [1.165, 1.54) is 19.3 Å². The number of allylic oxidation sites excluding steroid dienone is 28. The molecule has 0 aromatic heterocycles. The van der Waals surface area contributed by atoms with E-state index in [1.54, 1.807) is 0 Å². The van der Waals surface area contributed by atoms with E-state index in [1.807, 2.05) is 18.2 Å². The number of carbonyl (C=O) groups excluding carboxylic acids is 4. The summed E-state index contributed by atoms with van der Waals surface area (Å²) in [6, 6.07) is 0. The van der Waals surface area contributed by atoms with Crippen LogP contribution in [0.2, 0.25) is 0 Å². The molecule has 3 N–H and O–H groups in total. The number of aliphatic hydroxyl groups is 1. The summed E-state index contributed by atoms with van der Waals surface area (Å²) in [6.07, 6.45) is 86.5. The Labute approximate surface area is 616 Å². The van der Waals surface area contributed by atoms with Crippen molar-refractivity contribution in [1.82, 2.24) is 0 Å². The third-order valence-corrected chi connectivity index (χ3v) is 17.0. The van der Waals surface area contributed by atoms with E-state index in [9.17, 15) is 43.2 Å². The van der Waals surface area contributed by atoms with Crippen LogP contribution in [0.1, 0.15) is 272 Å². The first kappa shape index (κ1) is 96.4. The van der Waals surface area contributed by atoms with E-state index in [0.29, 0.717) is 32.1 Å². The summed E-state index contributed by atoms with van der Waals surface area (Å²) in [5.74, 6) is -2.37. The Morgan fingerprint density at radius 1 is 0.284 bits per heavy atom. The van der Waals surface area contributed by atoms with E-state index >= 15 is 0 Å². The predicted molar refractivity (Wildman–Crippen MR) is 417 cm³/mol. The summed E-state index contributed by atoms with van der Waals surface area (Å²) in [4.78, 5) is 72.9. The minimum absolute atomic E-state index is 0.0264. The second kappa shape index (κ2) is 73.7. The molecule has 0 aromatic rings. The normalized spacial score (nSPS) is 14.9. The lowest BCUT2D eigenvalue weighted by Crippen LogP contribution is -2.30. The van der Waals surface area contributed by atoms with Crippen LogP contribution in [0.15, 0.2) is 170 Å². The lowest BCUT2D eigenvalue weighted by molar-refractivity contribution is -0.161. The molecule has 102 heavy (non-hydrogen) atoms. The Kier molecular flexibility index (Phi) is 69.7. The second-order valence-corrected chi connectivity index (χ2v) is 27.7. The molecule has 578 valence electrons. The maximum atomic E-state index is 13.1. The summed E-state index contributed by atoms with van der Waals surface area (Å²) >= 11 is 0. The summed E-state index contributed by atoms with van der Waals surface area (Å²) in [7, 11) is -10.0. The minimum Gasteiger partial charge on any atom is -0.462 e. The van der Waals surface area contributed by atoms with Crippen molar-refractivity contribution < 1.29 is 80.2 Å². The number of hydrogen-bond donors (Lipinski definition) is 3. The minimum atomic E-state index is -5.01. The highest BCUT2D eigenvalue weighted by atomic mass is 31.2. The molecule has 0 saturated heterocycles. The van der Waals surface area contributed by atoms with Crippen molar-refractivity contribution in [3.8, 4) is 0 Å². The highest BCUT2D eigenvalue weighted by molar-refractivity contribution is 7.47. The fourth-order valence-electron chi connectivity index (χ4n) is 9.36. The van der Waals surface area contributed by atoms with E-state index in [4.69, 9.17) is 37.0 Å². The molecule has 0 amide bonds. The largest absolute Gasteiger partial charge is 0.472 e. The Morgan fingerprint density at radius 3 is 0.902 bits per heavy atom. The van der Waals surface area contributed by atoms with Gasteiger partial charge in [-0.05, 0) is 161 Å². The maximum Gasteiger partial charge on any atom is 0.472 e. The van der Waals surface area contributed by atoms with Gasteiger partial charge in [0.2, 0.25) is 0 Å². The Morgan fingerprint density at radius 2 is 0.549 bits per heavy atom. The van der Waals surface area contributed by atoms with Gasteiger partial charge in [0.1, 0.15) is 19.3 Å². The zero-order chi connectivity index (χ0) is 74.6. The number of phosphoric ester groups is 2. The molecule has 17 nitrogen and oxygen atoms in total. The number of ether oxygens (including phenoxy) is 4. The van der Waals surface area contributed by atoms with Crippen LogP contribution in [0, 0.1) is 0 Å². The fourth-order valence-corrected chi connectivity index (χ4v) is 10.9. The smallest absolute Gasteiger partial charge is 0.462 e. The van der Waals surface area contributed by atoms with Gasteiger partial charge in [-0.1, -0.05) is 256 Å². The molecule has 0 radical (unpaired) electrons. The van der Waals surface area contributed by atoms with E-state index in [0.717, 1.165) is 167 Å². The number of carbonyl (C=O) groups is 4. The van der Waals surface area contributed by atoms with Gasteiger partial charge in [0.25, 0.3) is 0 Å². The third kappa shape index (κ3) is 72.8. The van der Waals surface area contributed by atoms with Crippen LogP contribution in [-0.4, -0.2) is 96.7 Å². The van der Waals surface area contributed by atoms with Gasteiger partial charge < -0.3 is 33.8 Å². The van der Waals surface area contributed by atoms with Crippen molar-refractivity contribution in [2.45, 2.75) is 290 Å². The first-order chi connectivity index (χ1) is 49.7. The van der Waals surface area contributed by atoms with Gasteiger partial charge in [0.05, 0.1) is 26.4 Å². The molecular formula is C83H134O17P2. The van der Waals surface area contributed by atoms with Crippen LogP contribution in [-0.2, 0) is 65.4 Å². The van der Waals surface area contributed by atoms with Crippen LogP contribution < -0.4 is 0 Å². The fraction of sp³-hybridized carbons (Fsp3) is 0.614. The molecule has 0 rings (SSSR count). The number of phosphoric acid groups is 2. The summed E-state index contributed by atoms with van der Waals surface area (Å²) < 4.78 is 68.3. The standard InChI is InChI=1S/C83H134O17P2/c1-5-9-13-17-21-25-29-33-36-37-38-39-42-45-48-52-56-60-64-68-81(86)94-74-79(100-83(88)70-66-62-58-54-50-46-41-35-31-27-23-19-15-11-7-3)76-98-102(91,92)96-72-77(84)71-95-101(89,90)97-75-78(99-82(87)69-65-61-57-53-49-43-32-28-24-20-16-12-8-4)73-93-80(85)67-63-59-55-51-47-44-40-34-30-26-22-18-14-10-6-2/h9-10,13-14,16,20-23,25-28,32-36,38-41,45,47-48,51,56,60,77-79,84H,5-8,11-12,15,17-19,24,29-31,37,42-44,46,49-50,52-55,57-59,61-76H2,1-4H3,(H,89,90)(H,91,92)/b13-9-,14-10-,20-16-,25-21-,26-22-,27-23-,32-28-,36-33-,39-38-,40-34-,41-35-,48-45-,51-47-,60-56-. The molecular weight excluding hydrogens is 1330 g/mol. The quantitative estimate of drug-likeness (QED) is 0.0169. The lowest BCUT2D eigenvalue weighted by atomic mass is 10.1. The van der Waals surface area contributed by atoms with Crippen molar-refractivity contribution >= 4 is 39.5 Å². The van der Waals surface area contributed by atoms with Crippen molar-refractivity contribution in [1.29, 1.82) is 0 Å². The van der Waals surface area contributed by atoms with Crippen molar-refractivity contribution in [2.75, 3.05) is 39.6 Å². The van der Waals surface area contributed by atoms with Gasteiger partial charge in [-0.15, -0.1) is 0 Å². The van der Waals surface area contributed by atoms with Crippen LogP contribution in [0.25, 0.3) is 0 Å². The van der Waals surface area contributed by atoms with Crippen LogP contribution in [0.5, 0.6) is 0 Å². The number of rotatable bonds is 70. The zero-order valence-electron chi connectivity index (χ0n) is 63.0. The molecule has 0 saturated carbocycles. The molecule has 0 aliphatic carbocycles. The van der Waals surface area contributed by atoms with Gasteiger partial charge in [-0.25, -0.2) is 9.13 Å². The predicted octanol–water partition coefficient (Wildman–Crippen LogP) is 22.2. The molecule has 19 heteroatoms. The van der Waals surface area contributed by atoms with Crippen molar-refractivity contribution in [3.05, 3.63) is 170 Å². The van der Waals surface area contributed by atoms with E-state index in [2.05, 4.69) is 180 Å². The van der Waals surface area contributed by atoms with Gasteiger partial charge in [-0.2, -0.15) is 0 Å². The molecule has 0 heterocycles. The molecule has 0 fully saturated rings. The van der Waals surface area contributed by atoms with Crippen molar-refractivity contribution in [3.63, 3.8) is 0 Å². The summed E-state index contributed by atoms with van der Waals surface area (Å²) in [5.41, 5.74) is 0. The third-order valence-electron chi connectivity index (χ3n) is 15.1. The highest BCUT2D eigenvalue weighted by Crippen LogP contribution is 2.45. The number of hydrogen-bond acceptors (Lipinski definition) is 15. The molecule has 0 aliphatic heterocycles. The van der Waals surface area contributed by atoms with Gasteiger partial charge >= 0.3 is 39.5 Å². The number of unbranched alkanes of at least 4 members (excludes halogenated alkanes) is 16. The lowest BCUT2D eigenvalue weighted by Gasteiger charge is -2.21. The number of esters is 4. The average molecular weight is 1470 g/mol. The van der Waals surface area contributed by atoms with E-state index < -0.39 is 97.5 Å². The molecule has 0 aliphatic rings. The monoisotopic (exact) mass is 1460 g/mol. The second-order valence-electron chi connectivity index (χ2n) is 24.8. The molecule has 5 atom stereocenters. The zero-order valence-corrected chi connectivity index (χ0v) is 64.8. The molecule has 0 bridgehead atoms. The van der Waals surface area contributed by atoms with Crippen molar-refractivity contribution in [2.24, 2.45) is 0 Å². The molecule has 5 unspecified atom stereocenters. The van der Waals surface area contributed by atoms with Gasteiger partial charge in [-0.3, -0.25) is 37.3 Å². The van der Waals surface area contributed by atoms with E-state index in [-0.39, 0.29) is 25.7 Å². The first-order valence-corrected chi connectivity index (χ1v) is 41.4.